The lowest BCUT2D eigenvalue weighted by Crippen LogP contribution is -2.38. The summed E-state index contributed by atoms with van der Waals surface area (Å²) >= 11 is 0. The van der Waals surface area contributed by atoms with Crippen molar-refractivity contribution in [1.29, 1.82) is 0 Å². The number of nitrogens with zero attached hydrogens (tertiary/aromatic N) is 1. The van der Waals surface area contributed by atoms with Gasteiger partial charge in [-0.05, 0) is 18.6 Å². The molecule has 3 heterocycles. The summed E-state index contributed by atoms with van der Waals surface area (Å²) in [7, 11) is -3.07. The van der Waals surface area contributed by atoms with Gasteiger partial charge in [-0.2, -0.15) is 0 Å². The first-order valence-corrected chi connectivity index (χ1v) is 9.94. The standard InChI is InChI=1S/C16H18N2O6S/c19-15-5-10(7-18(15)12-3-4-25(21,22)8-12)16(20)17-11-1-2-13-14(6-11)24-9-23-13/h1-2,6,10,12H,3-5,7-9H2,(H,17,20). The van der Waals surface area contributed by atoms with Gasteiger partial charge in [-0.15, -0.1) is 0 Å². The van der Waals surface area contributed by atoms with Gasteiger partial charge in [-0.25, -0.2) is 8.42 Å². The van der Waals surface area contributed by atoms with E-state index in [0.717, 1.165) is 0 Å². The fourth-order valence-electron chi connectivity index (χ4n) is 3.50. The van der Waals surface area contributed by atoms with Crippen molar-refractivity contribution in [2.75, 3.05) is 30.2 Å². The van der Waals surface area contributed by atoms with Crippen molar-refractivity contribution < 1.29 is 27.5 Å². The van der Waals surface area contributed by atoms with Gasteiger partial charge in [0.1, 0.15) is 0 Å². The van der Waals surface area contributed by atoms with Crippen LogP contribution in [-0.4, -0.2) is 56.0 Å². The number of hydrogen-bond acceptors (Lipinski definition) is 6. The zero-order chi connectivity index (χ0) is 17.6. The van der Waals surface area contributed by atoms with Crippen LogP contribution in [0.3, 0.4) is 0 Å². The first-order chi connectivity index (χ1) is 11.9. The predicted octanol–water partition coefficient (Wildman–Crippen LogP) is 0.389. The van der Waals surface area contributed by atoms with Gasteiger partial charge in [0.2, 0.25) is 18.6 Å². The Morgan fingerprint density at radius 2 is 2.04 bits per heavy atom. The molecule has 0 aliphatic carbocycles. The van der Waals surface area contributed by atoms with Crippen LogP contribution in [0.5, 0.6) is 11.5 Å². The molecule has 0 radical (unpaired) electrons. The highest BCUT2D eigenvalue weighted by molar-refractivity contribution is 7.91. The van der Waals surface area contributed by atoms with Crippen molar-refractivity contribution in [3.63, 3.8) is 0 Å². The molecule has 0 saturated carbocycles. The number of anilines is 1. The Hall–Kier alpha value is -2.29. The monoisotopic (exact) mass is 366 g/mol. The largest absolute Gasteiger partial charge is 0.454 e. The van der Waals surface area contributed by atoms with Gasteiger partial charge in [0.15, 0.2) is 21.3 Å². The van der Waals surface area contributed by atoms with Crippen molar-refractivity contribution in [2.24, 2.45) is 5.92 Å². The van der Waals surface area contributed by atoms with Gasteiger partial charge < -0.3 is 19.7 Å². The number of amides is 2. The third-order valence-corrected chi connectivity index (χ3v) is 6.57. The molecular weight excluding hydrogens is 348 g/mol. The van der Waals surface area contributed by atoms with E-state index < -0.39 is 15.8 Å². The number of carbonyl (C=O) groups excluding carboxylic acids is 2. The second-order valence-electron chi connectivity index (χ2n) is 6.56. The van der Waals surface area contributed by atoms with Crippen LogP contribution in [-0.2, 0) is 19.4 Å². The summed E-state index contributed by atoms with van der Waals surface area (Å²) in [5.74, 6) is 0.399. The van der Waals surface area contributed by atoms with Crippen molar-refractivity contribution in [3.8, 4) is 11.5 Å². The van der Waals surface area contributed by atoms with E-state index in [1.807, 2.05) is 0 Å². The molecule has 8 nitrogen and oxygen atoms in total. The molecule has 2 saturated heterocycles. The lowest BCUT2D eigenvalue weighted by molar-refractivity contribution is -0.129. The molecule has 0 bridgehead atoms. The second kappa shape index (κ2) is 5.91. The van der Waals surface area contributed by atoms with Crippen LogP contribution < -0.4 is 14.8 Å². The molecule has 2 amide bonds. The molecule has 9 heteroatoms. The van der Waals surface area contributed by atoms with Gasteiger partial charge in [0.05, 0.1) is 17.4 Å². The Morgan fingerprint density at radius 3 is 2.80 bits per heavy atom. The zero-order valence-corrected chi connectivity index (χ0v) is 14.3. The van der Waals surface area contributed by atoms with Crippen molar-refractivity contribution in [3.05, 3.63) is 18.2 Å². The molecule has 0 aromatic heterocycles. The molecular formula is C16H18N2O6S. The summed E-state index contributed by atoms with van der Waals surface area (Å²) in [6.07, 6.45) is 0.553. The van der Waals surface area contributed by atoms with E-state index in [1.165, 1.54) is 0 Å². The maximum absolute atomic E-state index is 12.5. The Balaban J connectivity index is 1.41. The van der Waals surface area contributed by atoms with Gasteiger partial charge >= 0.3 is 0 Å². The van der Waals surface area contributed by atoms with E-state index in [9.17, 15) is 18.0 Å². The minimum atomic E-state index is -3.07. The lowest BCUT2D eigenvalue weighted by Gasteiger charge is -2.22. The molecule has 2 unspecified atom stereocenters. The van der Waals surface area contributed by atoms with Crippen LogP contribution in [0.25, 0.3) is 0 Å². The van der Waals surface area contributed by atoms with Crippen LogP contribution in [0.2, 0.25) is 0 Å². The normalized spacial score (nSPS) is 26.9. The van der Waals surface area contributed by atoms with Gasteiger partial charge in [-0.1, -0.05) is 0 Å². The molecule has 2 fully saturated rings. The fraction of sp³-hybridized carbons (Fsp3) is 0.500. The molecule has 134 valence electrons. The minimum absolute atomic E-state index is 0.00472. The number of nitrogens with one attached hydrogen (secondary N) is 1. The molecule has 3 aliphatic heterocycles. The quantitative estimate of drug-likeness (QED) is 0.830. The molecule has 0 spiro atoms. The number of benzene rings is 1. The molecule has 1 aromatic carbocycles. The summed E-state index contributed by atoms with van der Waals surface area (Å²) in [6, 6.07) is 4.80. The highest BCUT2D eigenvalue weighted by Gasteiger charge is 2.41. The van der Waals surface area contributed by atoms with E-state index >= 15 is 0 Å². The maximum Gasteiger partial charge on any atom is 0.231 e. The summed E-state index contributed by atoms with van der Waals surface area (Å²) in [5.41, 5.74) is 0.573. The van der Waals surface area contributed by atoms with Gasteiger partial charge in [-0.3, -0.25) is 9.59 Å². The van der Waals surface area contributed by atoms with Crippen molar-refractivity contribution >= 4 is 27.3 Å². The molecule has 2 atom stereocenters. The Bertz CT molecular complexity index is 837. The Kier molecular flexibility index (Phi) is 3.82. The van der Waals surface area contributed by atoms with E-state index in [-0.39, 0.29) is 49.1 Å². The fourth-order valence-corrected chi connectivity index (χ4v) is 5.23. The topological polar surface area (TPSA) is 102 Å². The summed E-state index contributed by atoms with van der Waals surface area (Å²) in [5, 5.41) is 2.79. The lowest BCUT2D eigenvalue weighted by atomic mass is 10.1. The predicted molar refractivity (Wildman–Crippen MR) is 88.1 cm³/mol. The highest BCUT2D eigenvalue weighted by Crippen LogP contribution is 2.34. The number of likely N-dealkylation sites (tertiary alicyclic amines) is 1. The number of rotatable bonds is 3. The van der Waals surface area contributed by atoms with Crippen LogP contribution in [0.1, 0.15) is 12.8 Å². The third kappa shape index (κ3) is 3.15. The molecule has 1 aromatic rings. The highest BCUT2D eigenvalue weighted by atomic mass is 32.2. The van der Waals surface area contributed by atoms with Crippen molar-refractivity contribution in [1.82, 2.24) is 4.90 Å². The smallest absolute Gasteiger partial charge is 0.231 e. The number of ether oxygens (including phenoxy) is 2. The minimum Gasteiger partial charge on any atom is -0.454 e. The first-order valence-electron chi connectivity index (χ1n) is 8.12. The number of sulfone groups is 1. The molecule has 1 N–H and O–H groups in total. The van der Waals surface area contributed by atoms with Crippen molar-refractivity contribution in [2.45, 2.75) is 18.9 Å². The average Bonchev–Trinajstić information content (AvgIpc) is 3.25. The second-order valence-corrected chi connectivity index (χ2v) is 8.79. The van der Waals surface area contributed by atoms with E-state index in [0.29, 0.717) is 23.6 Å². The first kappa shape index (κ1) is 16.2. The summed E-state index contributed by atoms with van der Waals surface area (Å²) in [4.78, 5) is 26.2. The van der Waals surface area contributed by atoms with E-state index in [2.05, 4.69) is 5.32 Å². The van der Waals surface area contributed by atoms with E-state index in [1.54, 1.807) is 23.1 Å². The number of fused-ring (bicyclic) bond motifs is 1. The number of carbonyl (C=O) groups is 2. The zero-order valence-electron chi connectivity index (χ0n) is 13.4. The van der Waals surface area contributed by atoms with Gasteiger partial charge in [0.25, 0.3) is 0 Å². The Labute approximate surface area is 145 Å². The van der Waals surface area contributed by atoms with Crippen LogP contribution >= 0.6 is 0 Å². The average molecular weight is 366 g/mol. The third-order valence-electron chi connectivity index (χ3n) is 4.82. The SMILES string of the molecule is O=C(Nc1ccc2c(c1)OCO2)C1CC(=O)N(C2CCS(=O)(=O)C2)C1. The summed E-state index contributed by atoms with van der Waals surface area (Å²) < 4.78 is 33.7. The Morgan fingerprint density at radius 1 is 1.24 bits per heavy atom. The summed E-state index contributed by atoms with van der Waals surface area (Å²) in [6.45, 7) is 0.415. The van der Waals surface area contributed by atoms with Crippen LogP contribution in [0.15, 0.2) is 18.2 Å². The molecule has 4 rings (SSSR count). The van der Waals surface area contributed by atoms with Crippen LogP contribution in [0, 0.1) is 5.92 Å². The maximum atomic E-state index is 12.5. The molecule has 3 aliphatic rings. The number of hydrogen-bond donors (Lipinski definition) is 1. The van der Waals surface area contributed by atoms with Gasteiger partial charge in [0, 0.05) is 30.8 Å². The van der Waals surface area contributed by atoms with E-state index in [4.69, 9.17) is 9.47 Å². The van der Waals surface area contributed by atoms with Crippen LogP contribution in [0.4, 0.5) is 5.69 Å². The molecule has 25 heavy (non-hydrogen) atoms.